The van der Waals surface area contributed by atoms with Crippen molar-refractivity contribution in [2.24, 2.45) is 5.92 Å². The zero-order chi connectivity index (χ0) is 19.8. The van der Waals surface area contributed by atoms with Crippen LogP contribution in [0.5, 0.6) is 0 Å². The second kappa shape index (κ2) is 10.2. The van der Waals surface area contributed by atoms with E-state index >= 15 is 0 Å². The molecule has 1 fully saturated rings. The Morgan fingerprint density at radius 2 is 1.89 bits per heavy atom. The van der Waals surface area contributed by atoms with Crippen molar-refractivity contribution < 1.29 is 4.79 Å². The van der Waals surface area contributed by atoms with Gasteiger partial charge in [0.05, 0.1) is 0 Å². The van der Waals surface area contributed by atoms with Gasteiger partial charge in [0, 0.05) is 25.3 Å². The molecule has 5 nitrogen and oxygen atoms in total. The van der Waals surface area contributed by atoms with Gasteiger partial charge in [0.25, 0.3) is 5.91 Å². The minimum absolute atomic E-state index is 0.0280. The number of anilines is 1. The number of benzene rings is 1. The zero-order valence-electron chi connectivity index (χ0n) is 17.2. The standard InChI is InChI=1S/C23H32N4O/c1-3-4-8-13-24-23-25-18(2)16-21(26-23)22(28)27-14-11-20(12-15-27)17-19-9-6-5-7-10-19/h5-7,9-10,16,20H,3-4,8,11-15,17H2,1-2H3,(H,24,25,26). The Balaban J connectivity index is 1.55. The number of hydrogen-bond donors (Lipinski definition) is 1. The van der Waals surface area contributed by atoms with Crippen molar-refractivity contribution in [1.82, 2.24) is 14.9 Å². The Kier molecular flexibility index (Phi) is 7.40. The van der Waals surface area contributed by atoms with Crippen LogP contribution in [0.4, 0.5) is 5.95 Å². The van der Waals surface area contributed by atoms with Gasteiger partial charge in [-0.05, 0) is 50.2 Å². The molecule has 1 aromatic heterocycles. The fraction of sp³-hybridized carbons (Fsp3) is 0.522. The molecule has 1 aliphatic heterocycles. The number of carbonyl (C=O) groups excluding carboxylic acids is 1. The van der Waals surface area contributed by atoms with Gasteiger partial charge in [-0.25, -0.2) is 9.97 Å². The topological polar surface area (TPSA) is 58.1 Å². The van der Waals surface area contributed by atoms with E-state index in [9.17, 15) is 4.79 Å². The molecule has 0 bridgehead atoms. The van der Waals surface area contributed by atoms with E-state index in [1.807, 2.05) is 11.8 Å². The van der Waals surface area contributed by atoms with Crippen LogP contribution in [0, 0.1) is 12.8 Å². The second-order valence-corrected chi connectivity index (χ2v) is 7.78. The summed E-state index contributed by atoms with van der Waals surface area (Å²) in [6.07, 6.45) is 6.65. The Bertz CT molecular complexity index is 754. The van der Waals surface area contributed by atoms with E-state index in [1.54, 1.807) is 6.07 Å². The average Bonchev–Trinajstić information content (AvgIpc) is 2.72. The Hall–Kier alpha value is -2.43. The number of amides is 1. The molecule has 1 aliphatic rings. The lowest BCUT2D eigenvalue weighted by Gasteiger charge is -2.32. The van der Waals surface area contributed by atoms with Crippen molar-refractivity contribution in [3.63, 3.8) is 0 Å². The van der Waals surface area contributed by atoms with Crippen molar-refractivity contribution in [3.8, 4) is 0 Å². The molecule has 5 heteroatoms. The van der Waals surface area contributed by atoms with E-state index in [4.69, 9.17) is 0 Å². The molecule has 0 saturated carbocycles. The predicted octanol–water partition coefficient (Wildman–Crippen LogP) is 4.48. The molecule has 0 radical (unpaired) electrons. The lowest BCUT2D eigenvalue weighted by Crippen LogP contribution is -2.39. The molecule has 0 aliphatic carbocycles. The monoisotopic (exact) mass is 380 g/mol. The average molecular weight is 381 g/mol. The fourth-order valence-electron chi connectivity index (χ4n) is 3.78. The molecule has 28 heavy (non-hydrogen) atoms. The number of aryl methyl sites for hydroxylation is 1. The molecule has 1 saturated heterocycles. The quantitative estimate of drug-likeness (QED) is 0.686. The minimum atomic E-state index is 0.0280. The van der Waals surface area contributed by atoms with Crippen LogP contribution in [-0.4, -0.2) is 40.4 Å². The number of piperidine rings is 1. The van der Waals surface area contributed by atoms with Crippen LogP contribution in [0.1, 0.15) is 60.8 Å². The van der Waals surface area contributed by atoms with Crippen molar-refractivity contribution in [3.05, 3.63) is 53.3 Å². The van der Waals surface area contributed by atoms with Gasteiger partial charge in [0.15, 0.2) is 0 Å². The SMILES string of the molecule is CCCCCNc1nc(C)cc(C(=O)N2CCC(Cc3ccccc3)CC2)n1. The van der Waals surface area contributed by atoms with Crippen molar-refractivity contribution >= 4 is 11.9 Å². The Morgan fingerprint density at radius 1 is 1.14 bits per heavy atom. The number of likely N-dealkylation sites (tertiary alicyclic amines) is 1. The lowest BCUT2D eigenvalue weighted by molar-refractivity contribution is 0.0684. The molecule has 2 aromatic rings. The van der Waals surface area contributed by atoms with Gasteiger partial charge in [-0.2, -0.15) is 0 Å². The maximum Gasteiger partial charge on any atom is 0.272 e. The summed E-state index contributed by atoms with van der Waals surface area (Å²) in [5.74, 6) is 1.24. The summed E-state index contributed by atoms with van der Waals surface area (Å²) in [6, 6.07) is 12.4. The van der Waals surface area contributed by atoms with E-state index < -0.39 is 0 Å². The van der Waals surface area contributed by atoms with Crippen LogP contribution < -0.4 is 5.32 Å². The third-order valence-electron chi connectivity index (χ3n) is 5.41. The predicted molar refractivity (Wildman–Crippen MR) is 114 cm³/mol. The van der Waals surface area contributed by atoms with Crippen LogP contribution in [0.3, 0.4) is 0 Å². The molecule has 1 amide bonds. The molecular formula is C23H32N4O. The van der Waals surface area contributed by atoms with Gasteiger partial charge in [0.1, 0.15) is 5.69 Å². The first-order valence-corrected chi connectivity index (χ1v) is 10.6. The molecule has 150 valence electrons. The van der Waals surface area contributed by atoms with Gasteiger partial charge in [0.2, 0.25) is 5.95 Å². The van der Waals surface area contributed by atoms with E-state index in [-0.39, 0.29) is 5.91 Å². The summed E-state index contributed by atoms with van der Waals surface area (Å²) in [5.41, 5.74) is 2.72. The largest absolute Gasteiger partial charge is 0.354 e. The lowest BCUT2D eigenvalue weighted by atomic mass is 9.90. The highest BCUT2D eigenvalue weighted by atomic mass is 16.2. The highest BCUT2D eigenvalue weighted by molar-refractivity contribution is 5.92. The van der Waals surface area contributed by atoms with Gasteiger partial charge in [-0.15, -0.1) is 0 Å². The summed E-state index contributed by atoms with van der Waals surface area (Å²) in [7, 11) is 0. The highest BCUT2D eigenvalue weighted by Crippen LogP contribution is 2.23. The van der Waals surface area contributed by atoms with E-state index in [2.05, 4.69) is 52.5 Å². The smallest absolute Gasteiger partial charge is 0.272 e. The first kappa shape index (κ1) is 20.3. The molecule has 3 rings (SSSR count). The summed E-state index contributed by atoms with van der Waals surface area (Å²) >= 11 is 0. The van der Waals surface area contributed by atoms with Gasteiger partial charge < -0.3 is 10.2 Å². The molecule has 0 spiro atoms. The van der Waals surface area contributed by atoms with Gasteiger partial charge in [-0.1, -0.05) is 50.1 Å². The summed E-state index contributed by atoms with van der Waals surface area (Å²) in [4.78, 5) is 23.8. The summed E-state index contributed by atoms with van der Waals surface area (Å²) in [6.45, 7) is 6.55. The van der Waals surface area contributed by atoms with Crippen molar-refractivity contribution in [2.45, 2.75) is 52.4 Å². The van der Waals surface area contributed by atoms with Crippen molar-refractivity contribution in [2.75, 3.05) is 25.0 Å². The number of aromatic nitrogens is 2. The number of nitrogens with zero attached hydrogens (tertiary/aromatic N) is 3. The second-order valence-electron chi connectivity index (χ2n) is 7.78. The molecule has 0 unspecified atom stereocenters. The van der Waals surface area contributed by atoms with Crippen molar-refractivity contribution in [1.29, 1.82) is 0 Å². The van der Waals surface area contributed by atoms with E-state index in [0.717, 1.165) is 51.0 Å². The van der Waals surface area contributed by atoms with Gasteiger partial charge >= 0.3 is 0 Å². The summed E-state index contributed by atoms with van der Waals surface area (Å²) in [5, 5.41) is 3.26. The highest BCUT2D eigenvalue weighted by Gasteiger charge is 2.25. The van der Waals surface area contributed by atoms with Crippen LogP contribution in [0.2, 0.25) is 0 Å². The normalized spacial score (nSPS) is 14.9. The molecule has 2 heterocycles. The molecule has 1 N–H and O–H groups in total. The first-order chi connectivity index (χ1) is 13.7. The minimum Gasteiger partial charge on any atom is -0.354 e. The fourth-order valence-corrected chi connectivity index (χ4v) is 3.78. The number of nitrogens with one attached hydrogen (secondary N) is 1. The van der Waals surface area contributed by atoms with Crippen LogP contribution in [-0.2, 0) is 6.42 Å². The first-order valence-electron chi connectivity index (χ1n) is 10.6. The van der Waals surface area contributed by atoms with Gasteiger partial charge in [-0.3, -0.25) is 4.79 Å². The zero-order valence-corrected chi connectivity index (χ0v) is 17.2. The number of hydrogen-bond acceptors (Lipinski definition) is 4. The maximum absolute atomic E-state index is 13.0. The summed E-state index contributed by atoms with van der Waals surface area (Å²) < 4.78 is 0. The molecule has 1 aromatic carbocycles. The molecule has 0 atom stereocenters. The Morgan fingerprint density at radius 3 is 2.61 bits per heavy atom. The third-order valence-corrected chi connectivity index (χ3v) is 5.41. The number of carbonyl (C=O) groups is 1. The van der Waals surface area contributed by atoms with Crippen LogP contribution in [0.15, 0.2) is 36.4 Å². The third kappa shape index (κ3) is 5.78. The van der Waals surface area contributed by atoms with Crippen LogP contribution in [0.25, 0.3) is 0 Å². The maximum atomic E-state index is 13.0. The van der Waals surface area contributed by atoms with E-state index in [1.165, 1.54) is 18.4 Å². The molecular weight excluding hydrogens is 348 g/mol. The van der Waals surface area contributed by atoms with E-state index in [0.29, 0.717) is 17.6 Å². The number of rotatable bonds is 8. The van der Waals surface area contributed by atoms with Crippen LogP contribution >= 0.6 is 0 Å². The Labute approximate surface area is 168 Å². The number of unbranched alkanes of at least 4 members (excludes halogenated alkanes) is 2.